The number of nitrogens with zero attached hydrogens (tertiary/aromatic N) is 1. The first kappa shape index (κ1) is 13.0. The summed E-state index contributed by atoms with van der Waals surface area (Å²) in [7, 11) is 1.55. The number of benzene rings is 1. The van der Waals surface area contributed by atoms with Crippen LogP contribution in [0.25, 0.3) is 11.1 Å². The van der Waals surface area contributed by atoms with E-state index < -0.39 is 12.1 Å². The Labute approximate surface area is 110 Å². The van der Waals surface area contributed by atoms with E-state index in [0.717, 1.165) is 11.1 Å². The minimum absolute atomic E-state index is 0.345. The molecule has 0 unspecified atom stereocenters. The molecule has 0 saturated heterocycles. The highest BCUT2D eigenvalue weighted by Crippen LogP contribution is 2.22. The average molecular weight is 259 g/mol. The van der Waals surface area contributed by atoms with Gasteiger partial charge in [-0.15, -0.1) is 0 Å². The van der Waals surface area contributed by atoms with Crippen molar-refractivity contribution in [1.82, 2.24) is 4.98 Å². The van der Waals surface area contributed by atoms with E-state index in [0.29, 0.717) is 11.4 Å². The summed E-state index contributed by atoms with van der Waals surface area (Å²) in [4.78, 5) is 14.7. The van der Waals surface area contributed by atoms with Crippen LogP contribution in [0.15, 0.2) is 42.6 Å². The van der Waals surface area contributed by atoms with Crippen LogP contribution in [0, 0.1) is 0 Å². The van der Waals surface area contributed by atoms with Crippen LogP contribution in [-0.2, 0) is 4.79 Å². The van der Waals surface area contributed by atoms with Gasteiger partial charge in [-0.1, -0.05) is 24.3 Å². The number of rotatable bonds is 4. The molecule has 5 nitrogen and oxygen atoms in total. The first-order valence-corrected chi connectivity index (χ1v) is 5.63. The Morgan fingerprint density at radius 3 is 2.26 bits per heavy atom. The lowest BCUT2D eigenvalue weighted by molar-refractivity contribution is -0.146. The van der Waals surface area contributed by atoms with Crippen molar-refractivity contribution < 1.29 is 19.7 Å². The number of carboxylic acid groups (broad SMARTS) is 1. The molecule has 1 aromatic heterocycles. The number of pyridine rings is 1. The summed E-state index contributed by atoms with van der Waals surface area (Å²) in [6.45, 7) is 0. The zero-order chi connectivity index (χ0) is 13.8. The maximum atomic E-state index is 10.7. The van der Waals surface area contributed by atoms with Crippen LogP contribution < -0.4 is 4.74 Å². The molecule has 0 fully saturated rings. The van der Waals surface area contributed by atoms with Crippen molar-refractivity contribution in [2.45, 2.75) is 6.10 Å². The summed E-state index contributed by atoms with van der Waals surface area (Å²) in [5.74, 6) is -0.736. The molecular weight excluding hydrogens is 246 g/mol. The van der Waals surface area contributed by atoms with Crippen molar-refractivity contribution in [3.05, 3.63) is 48.2 Å². The number of methoxy groups -OCH3 is 1. The van der Waals surface area contributed by atoms with Crippen LogP contribution in [0.4, 0.5) is 0 Å². The van der Waals surface area contributed by atoms with Gasteiger partial charge < -0.3 is 14.9 Å². The third-order valence-electron chi connectivity index (χ3n) is 2.74. The van der Waals surface area contributed by atoms with Crippen LogP contribution in [0.2, 0.25) is 0 Å². The first-order valence-electron chi connectivity index (χ1n) is 5.63. The number of ether oxygens (including phenoxy) is 1. The molecule has 0 saturated carbocycles. The van der Waals surface area contributed by atoms with Gasteiger partial charge in [0.25, 0.3) is 0 Å². The first-order chi connectivity index (χ1) is 9.11. The summed E-state index contributed by atoms with van der Waals surface area (Å²) in [6.07, 6.45) is 0.171. The predicted molar refractivity (Wildman–Crippen MR) is 68.8 cm³/mol. The van der Waals surface area contributed by atoms with E-state index in [2.05, 4.69) is 4.98 Å². The van der Waals surface area contributed by atoms with Gasteiger partial charge in [-0.3, -0.25) is 0 Å². The topological polar surface area (TPSA) is 79.7 Å². The number of carbonyl (C=O) groups is 1. The van der Waals surface area contributed by atoms with E-state index in [1.807, 2.05) is 6.07 Å². The fourth-order valence-electron chi connectivity index (χ4n) is 1.67. The highest BCUT2D eigenvalue weighted by molar-refractivity contribution is 5.74. The zero-order valence-corrected chi connectivity index (χ0v) is 10.3. The second-order valence-electron chi connectivity index (χ2n) is 3.95. The molecule has 1 heterocycles. The Morgan fingerprint density at radius 2 is 1.79 bits per heavy atom. The molecule has 98 valence electrons. The van der Waals surface area contributed by atoms with Gasteiger partial charge in [-0.25, -0.2) is 9.78 Å². The van der Waals surface area contributed by atoms with Crippen LogP contribution in [0.3, 0.4) is 0 Å². The molecule has 2 rings (SSSR count). The number of aliphatic hydroxyl groups excluding tert-OH is 1. The lowest BCUT2D eigenvalue weighted by Crippen LogP contribution is -2.10. The molecular formula is C14H13NO4. The Bertz CT molecular complexity index is 563. The second kappa shape index (κ2) is 5.49. The van der Waals surface area contributed by atoms with E-state index in [1.165, 1.54) is 0 Å². The molecule has 5 heteroatoms. The molecule has 1 atom stereocenters. The second-order valence-corrected chi connectivity index (χ2v) is 3.95. The van der Waals surface area contributed by atoms with Crippen LogP contribution in [0.5, 0.6) is 5.88 Å². The van der Waals surface area contributed by atoms with Crippen molar-refractivity contribution >= 4 is 5.97 Å². The monoisotopic (exact) mass is 259 g/mol. The Kier molecular flexibility index (Phi) is 3.77. The SMILES string of the molecule is COc1ccc(-c2ccc([C@@H](O)C(=O)O)cc2)cn1. The number of hydrogen-bond donors (Lipinski definition) is 2. The lowest BCUT2D eigenvalue weighted by Gasteiger charge is -2.07. The van der Waals surface area contributed by atoms with Gasteiger partial charge in [0.15, 0.2) is 6.10 Å². The van der Waals surface area contributed by atoms with Gasteiger partial charge in [-0.2, -0.15) is 0 Å². The van der Waals surface area contributed by atoms with Gasteiger partial charge in [0.05, 0.1) is 7.11 Å². The van der Waals surface area contributed by atoms with Gasteiger partial charge in [0, 0.05) is 17.8 Å². The van der Waals surface area contributed by atoms with E-state index in [4.69, 9.17) is 9.84 Å². The molecule has 0 bridgehead atoms. The van der Waals surface area contributed by atoms with Crippen molar-refractivity contribution in [3.63, 3.8) is 0 Å². The summed E-state index contributed by atoms with van der Waals surface area (Å²) in [5.41, 5.74) is 2.12. The average Bonchev–Trinajstić information content (AvgIpc) is 2.46. The van der Waals surface area contributed by atoms with Crippen molar-refractivity contribution in [2.24, 2.45) is 0 Å². The number of aromatic nitrogens is 1. The highest BCUT2D eigenvalue weighted by atomic mass is 16.5. The summed E-state index contributed by atoms with van der Waals surface area (Å²) in [5, 5.41) is 18.1. The van der Waals surface area contributed by atoms with Gasteiger partial charge in [-0.05, 0) is 17.2 Å². The Hall–Kier alpha value is -2.40. The standard InChI is InChI=1S/C14H13NO4/c1-19-12-7-6-11(8-15-12)9-2-4-10(5-3-9)13(16)14(17)18/h2-8,13,16H,1H3,(H,17,18)/t13-/m1/s1. The number of carboxylic acids is 1. The highest BCUT2D eigenvalue weighted by Gasteiger charge is 2.15. The van der Waals surface area contributed by atoms with E-state index in [1.54, 1.807) is 43.6 Å². The lowest BCUT2D eigenvalue weighted by atomic mass is 10.0. The molecule has 0 radical (unpaired) electrons. The molecule has 19 heavy (non-hydrogen) atoms. The largest absolute Gasteiger partial charge is 0.481 e. The van der Waals surface area contributed by atoms with Gasteiger partial charge >= 0.3 is 5.97 Å². The van der Waals surface area contributed by atoms with Crippen LogP contribution in [-0.4, -0.2) is 28.3 Å². The summed E-state index contributed by atoms with van der Waals surface area (Å²) < 4.78 is 4.97. The summed E-state index contributed by atoms with van der Waals surface area (Å²) in [6, 6.07) is 10.2. The molecule has 0 spiro atoms. The van der Waals surface area contributed by atoms with Gasteiger partial charge in [0.2, 0.25) is 5.88 Å². The Balaban J connectivity index is 2.24. The normalized spacial score (nSPS) is 11.9. The number of hydrogen-bond acceptors (Lipinski definition) is 4. The molecule has 1 aromatic carbocycles. The van der Waals surface area contributed by atoms with Crippen molar-refractivity contribution in [3.8, 4) is 17.0 Å². The maximum absolute atomic E-state index is 10.7. The van der Waals surface area contributed by atoms with Crippen molar-refractivity contribution in [2.75, 3.05) is 7.11 Å². The third-order valence-corrected chi connectivity index (χ3v) is 2.74. The molecule has 2 N–H and O–H groups in total. The zero-order valence-electron chi connectivity index (χ0n) is 10.3. The molecule has 2 aromatic rings. The molecule has 0 aliphatic rings. The fourth-order valence-corrected chi connectivity index (χ4v) is 1.67. The minimum atomic E-state index is -1.50. The van der Waals surface area contributed by atoms with Crippen molar-refractivity contribution in [1.29, 1.82) is 0 Å². The van der Waals surface area contributed by atoms with Crippen LogP contribution in [0.1, 0.15) is 11.7 Å². The molecule has 0 aliphatic heterocycles. The molecule has 0 amide bonds. The summed E-state index contributed by atoms with van der Waals surface area (Å²) >= 11 is 0. The van der Waals surface area contributed by atoms with Gasteiger partial charge in [0.1, 0.15) is 0 Å². The minimum Gasteiger partial charge on any atom is -0.481 e. The third kappa shape index (κ3) is 2.89. The quantitative estimate of drug-likeness (QED) is 0.876. The smallest absolute Gasteiger partial charge is 0.337 e. The van der Waals surface area contributed by atoms with E-state index in [-0.39, 0.29) is 0 Å². The molecule has 0 aliphatic carbocycles. The van der Waals surface area contributed by atoms with E-state index in [9.17, 15) is 9.90 Å². The maximum Gasteiger partial charge on any atom is 0.337 e. The predicted octanol–water partition coefficient (Wildman–Crippen LogP) is 1.88. The fraction of sp³-hybridized carbons (Fsp3) is 0.143. The Morgan fingerprint density at radius 1 is 1.16 bits per heavy atom. The van der Waals surface area contributed by atoms with Crippen LogP contribution >= 0.6 is 0 Å². The van der Waals surface area contributed by atoms with E-state index >= 15 is 0 Å². The number of aliphatic hydroxyl groups is 1. The number of aliphatic carboxylic acids is 1.